The van der Waals surface area contributed by atoms with Crippen molar-refractivity contribution in [2.75, 3.05) is 38.2 Å². The van der Waals surface area contributed by atoms with Crippen molar-refractivity contribution in [3.63, 3.8) is 0 Å². The van der Waals surface area contributed by atoms with Gasteiger partial charge in [-0.2, -0.15) is 4.31 Å². The molecule has 2 aromatic carbocycles. The average Bonchev–Trinajstić information content (AvgIpc) is 2.68. The third-order valence-corrected chi connectivity index (χ3v) is 6.70. The largest absolute Gasteiger partial charge is 0.465 e. The fourth-order valence-electron chi connectivity index (χ4n) is 3.14. The minimum Gasteiger partial charge on any atom is -0.465 e. The van der Waals surface area contributed by atoms with Crippen LogP contribution in [-0.2, 0) is 14.8 Å². The van der Waals surface area contributed by atoms with Crippen LogP contribution in [0.1, 0.15) is 15.9 Å². The predicted octanol–water partition coefficient (Wildman–Crippen LogP) is 2.43. The summed E-state index contributed by atoms with van der Waals surface area (Å²) in [5.41, 5.74) is 1.21. The highest BCUT2D eigenvalue weighted by atomic mass is 32.2. The summed E-state index contributed by atoms with van der Waals surface area (Å²) in [7, 11) is -2.52. The fraction of sp³-hybridized carbons (Fsp3) is 0.316. The van der Waals surface area contributed by atoms with Gasteiger partial charge in [-0.1, -0.05) is 18.2 Å². The highest BCUT2D eigenvalue weighted by Gasteiger charge is 2.31. The van der Waals surface area contributed by atoms with Crippen molar-refractivity contribution in [2.24, 2.45) is 0 Å². The van der Waals surface area contributed by atoms with Crippen molar-refractivity contribution in [1.82, 2.24) is 4.31 Å². The number of sulfonamides is 1. The van der Waals surface area contributed by atoms with Crippen molar-refractivity contribution < 1.29 is 22.3 Å². The maximum absolute atomic E-state index is 14.0. The molecule has 0 atom stereocenters. The molecule has 6 nitrogen and oxygen atoms in total. The van der Waals surface area contributed by atoms with Gasteiger partial charge in [-0.25, -0.2) is 17.6 Å². The SMILES string of the molecule is COC(=O)c1ccc(C)c(S(=O)(=O)N2CCN(c3ccccc3F)CC2)c1. The smallest absolute Gasteiger partial charge is 0.337 e. The number of halogens is 1. The number of hydrogen-bond donors (Lipinski definition) is 0. The molecule has 0 bridgehead atoms. The van der Waals surface area contributed by atoms with Crippen LogP contribution < -0.4 is 4.90 Å². The Labute approximate surface area is 158 Å². The van der Waals surface area contributed by atoms with Crippen LogP contribution >= 0.6 is 0 Å². The number of aryl methyl sites for hydroxylation is 1. The van der Waals surface area contributed by atoms with Gasteiger partial charge in [0.05, 0.1) is 23.3 Å². The van der Waals surface area contributed by atoms with Crippen molar-refractivity contribution in [2.45, 2.75) is 11.8 Å². The number of nitrogens with zero attached hydrogens (tertiary/aromatic N) is 2. The first-order valence-corrected chi connectivity index (χ1v) is 9.97. The Bertz CT molecular complexity index is 954. The van der Waals surface area contributed by atoms with Gasteiger partial charge in [0, 0.05) is 26.2 Å². The van der Waals surface area contributed by atoms with Gasteiger partial charge < -0.3 is 9.64 Å². The molecule has 1 heterocycles. The van der Waals surface area contributed by atoms with Crippen molar-refractivity contribution in [3.8, 4) is 0 Å². The Morgan fingerprint density at radius 2 is 1.74 bits per heavy atom. The normalized spacial score (nSPS) is 15.6. The number of piperazine rings is 1. The molecule has 1 aliphatic heterocycles. The van der Waals surface area contributed by atoms with E-state index >= 15 is 0 Å². The minimum atomic E-state index is -3.77. The minimum absolute atomic E-state index is 0.0877. The molecule has 8 heteroatoms. The number of ether oxygens (including phenoxy) is 1. The van der Waals surface area contributed by atoms with E-state index in [1.807, 2.05) is 4.90 Å². The maximum Gasteiger partial charge on any atom is 0.337 e. The van der Waals surface area contributed by atoms with E-state index in [4.69, 9.17) is 0 Å². The van der Waals surface area contributed by atoms with Crippen LogP contribution in [0.3, 0.4) is 0 Å². The standard InChI is InChI=1S/C19H21FN2O4S/c1-14-7-8-15(19(23)26-2)13-18(14)27(24,25)22-11-9-21(10-12-22)17-6-4-3-5-16(17)20/h3-8,13H,9-12H2,1-2H3. The van der Waals surface area contributed by atoms with Crippen LogP contribution in [0.4, 0.5) is 10.1 Å². The Kier molecular flexibility index (Phi) is 5.48. The van der Waals surface area contributed by atoms with E-state index in [1.54, 1.807) is 31.2 Å². The van der Waals surface area contributed by atoms with Crippen molar-refractivity contribution in [1.29, 1.82) is 0 Å². The van der Waals surface area contributed by atoms with E-state index in [2.05, 4.69) is 4.74 Å². The Balaban J connectivity index is 1.81. The summed E-state index contributed by atoms with van der Waals surface area (Å²) in [6, 6.07) is 10.9. The van der Waals surface area contributed by atoms with Gasteiger partial charge in [-0.3, -0.25) is 0 Å². The highest BCUT2D eigenvalue weighted by molar-refractivity contribution is 7.89. The van der Waals surface area contributed by atoms with E-state index in [9.17, 15) is 17.6 Å². The quantitative estimate of drug-likeness (QED) is 0.748. The summed E-state index contributed by atoms with van der Waals surface area (Å²) in [6.45, 7) is 2.92. The van der Waals surface area contributed by atoms with Crippen LogP contribution in [0.15, 0.2) is 47.4 Å². The fourth-order valence-corrected chi connectivity index (χ4v) is 4.81. The number of para-hydroxylation sites is 1. The van der Waals surface area contributed by atoms with Crippen LogP contribution in [0, 0.1) is 12.7 Å². The molecule has 0 aliphatic carbocycles. The van der Waals surface area contributed by atoms with Crippen LogP contribution in [0.25, 0.3) is 0 Å². The third-order valence-electron chi connectivity index (χ3n) is 4.66. The third kappa shape index (κ3) is 3.81. The maximum atomic E-state index is 14.0. The number of esters is 1. The lowest BCUT2D eigenvalue weighted by Crippen LogP contribution is -2.49. The number of hydrogen-bond acceptors (Lipinski definition) is 5. The van der Waals surface area contributed by atoms with Crippen LogP contribution in [0.5, 0.6) is 0 Å². The van der Waals surface area contributed by atoms with Gasteiger partial charge in [0.2, 0.25) is 10.0 Å². The molecule has 3 rings (SSSR count). The predicted molar refractivity (Wildman–Crippen MR) is 99.9 cm³/mol. The lowest BCUT2D eigenvalue weighted by Gasteiger charge is -2.35. The first-order chi connectivity index (χ1) is 12.8. The van der Waals surface area contributed by atoms with Gasteiger partial charge in [-0.15, -0.1) is 0 Å². The zero-order chi connectivity index (χ0) is 19.6. The number of benzene rings is 2. The van der Waals surface area contributed by atoms with Crippen molar-refractivity contribution >= 4 is 21.7 Å². The van der Waals surface area contributed by atoms with Crippen molar-refractivity contribution in [3.05, 3.63) is 59.4 Å². The first-order valence-electron chi connectivity index (χ1n) is 8.53. The molecule has 0 spiro atoms. The Morgan fingerprint density at radius 1 is 1.07 bits per heavy atom. The molecule has 0 radical (unpaired) electrons. The van der Waals surface area contributed by atoms with Gasteiger partial charge in [0.15, 0.2) is 0 Å². The zero-order valence-electron chi connectivity index (χ0n) is 15.2. The molecule has 0 N–H and O–H groups in total. The molecule has 1 saturated heterocycles. The monoisotopic (exact) mass is 392 g/mol. The summed E-state index contributed by atoms with van der Waals surface area (Å²) < 4.78 is 46.1. The van der Waals surface area contributed by atoms with E-state index < -0.39 is 16.0 Å². The van der Waals surface area contributed by atoms with Gasteiger partial charge in [0.1, 0.15) is 5.82 Å². The van der Waals surface area contributed by atoms with E-state index in [1.165, 1.54) is 29.6 Å². The molecule has 0 unspecified atom stereocenters. The van der Waals surface area contributed by atoms with Crippen LogP contribution in [0.2, 0.25) is 0 Å². The Morgan fingerprint density at radius 3 is 2.37 bits per heavy atom. The molecule has 0 amide bonds. The second kappa shape index (κ2) is 7.66. The van der Waals surface area contributed by atoms with E-state index in [0.29, 0.717) is 24.3 Å². The number of rotatable bonds is 4. The lowest BCUT2D eigenvalue weighted by molar-refractivity contribution is 0.0600. The molecule has 144 valence electrons. The second-order valence-electron chi connectivity index (χ2n) is 6.31. The van der Waals surface area contributed by atoms with Gasteiger partial charge >= 0.3 is 5.97 Å². The number of methoxy groups -OCH3 is 1. The molecule has 0 aromatic heterocycles. The summed E-state index contributed by atoms with van der Waals surface area (Å²) in [4.78, 5) is 13.7. The highest BCUT2D eigenvalue weighted by Crippen LogP contribution is 2.25. The zero-order valence-corrected chi connectivity index (χ0v) is 16.0. The van der Waals surface area contributed by atoms with E-state index in [0.717, 1.165) is 0 Å². The lowest BCUT2D eigenvalue weighted by atomic mass is 10.1. The molecule has 1 aliphatic rings. The topological polar surface area (TPSA) is 66.9 Å². The number of carbonyl (C=O) groups is 1. The molecule has 27 heavy (non-hydrogen) atoms. The number of carbonyl (C=O) groups excluding carboxylic acids is 1. The number of anilines is 1. The summed E-state index contributed by atoms with van der Waals surface area (Å²) in [5.74, 6) is -0.911. The van der Waals surface area contributed by atoms with Gasteiger partial charge in [0.25, 0.3) is 0 Å². The molecule has 2 aromatic rings. The molecular formula is C19H21FN2O4S. The molecule has 1 fully saturated rings. The average molecular weight is 392 g/mol. The summed E-state index contributed by atoms with van der Waals surface area (Å²) in [6.07, 6.45) is 0. The summed E-state index contributed by atoms with van der Waals surface area (Å²) in [5, 5.41) is 0. The molecule has 0 saturated carbocycles. The Hall–Kier alpha value is -2.45. The first kappa shape index (κ1) is 19.3. The van der Waals surface area contributed by atoms with Gasteiger partial charge in [-0.05, 0) is 36.8 Å². The molecular weight excluding hydrogens is 371 g/mol. The summed E-state index contributed by atoms with van der Waals surface area (Å²) >= 11 is 0. The van der Waals surface area contributed by atoms with Crippen LogP contribution in [-0.4, -0.2) is 52.0 Å². The second-order valence-corrected chi connectivity index (χ2v) is 8.22. The van der Waals surface area contributed by atoms with E-state index in [-0.39, 0.29) is 29.4 Å².